The Labute approximate surface area is 139 Å². The van der Waals surface area contributed by atoms with Crippen molar-refractivity contribution in [2.24, 2.45) is 0 Å². The van der Waals surface area contributed by atoms with Gasteiger partial charge in [-0.05, 0) is 43.7 Å². The maximum atomic E-state index is 12.9. The highest BCUT2D eigenvalue weighted by Crippen LogP contribution is 2.33. The van der Waals surface area contributed by atoms with Crippen LogP contribution in [0.1, 0.15) is 63.4 Å². The Hall–Kier alpha value is -2.00. The Balaban J connectivity index is 1.67. The van der Waals surface area contributed by atoms with Crippen molar-refractivity contribution in [2.45, 2.75) is 57.4 Å². The third kappa shape index (κ3) is 2.49. The van der Waals surface area contributed by atoms with Crippen LogP contribution in [-0.4, -0.2) is 20.5 Å². The Morgan fingerprint density at radius 3 is 2.96 bits per heavy atom. The molecule has 1 atom stereocenters. The van der Waals surface area contributed by atoms with Crippen LogP contribution in [0.15, 0.2) is 6.07 Å². The molecule has 0 bridgehead atoms. The van der Waals surface area contributed by atoms with E-state index in [9.17, 15) is 10.1 Å². The molecule has 0 spiro atoms. The van der Waals surface area contributed by atoms with Crippen molar-refractivity contribution in [2.75, 3.05) is 0 Å². The zero-order valence-corrected chi connectivity index (χ0v) is 13.7. The number of ketones is 1. The van der Waals surface area contributed by atoms with Crippen LogP contribution < -0.4 is 0 Å². The lowest BCUT2D eigenvalue weighted by molar-refractivity contribution is 0.0978. The molecule has 1 aliphatic carbocycles. The van der Waals surface area contributed by atoms with Crippen LogP contribution in [0.4, 0.5) is 0 Å². The van der Waals surface area contributed by atoms with Crippen LogP contribution in [0.25, 0.3) is 0 Å². The second kappa shape index (κ2) is 5.89. The van der Waals surface area contributed by atoms with Crippen molar-refractivity contribution in [1.82, 2.24) is 14.8 Å². The van der Waals surface area contributed by atoms with Gasteiger partial charge < -0.3 is 4.57 Å². The fourth-order valence-electron chi connectivity index (χ4n) is 3.55. The van der Waals surface area contributed by atoms with Crippen molar-refractivity contribution >= 4 is 17.1 Å². The lowest BCUT2D eigenvalue weighted by Gasteiger charge is -2.10. The summed E-state index contributed by atoms with van der Waals surface area (Å²) in [5.41, 5.74) is 1.29. The highest BCUT2D eigenvalue weighted by atomic mass is 32.1. The molecule has 118 valence electrons. The molecule has 5 nitrogen and oxygen atoms in total. The van der Waals surface area contributed by atoms with E-state index in [1.54, 1.807) is 11.3 Å². The number of Topliss-reactive ketones (excluding diaryl/α,β-unsaturated/α-hetero) is 1. The number of hydrogen-bond donors (Lipinski definition) is 0. The highest BCUT2D eigenvalue weighted by molar-refractivity contribution is 7.14. The summed E-state index contributed by atoms with van der Waals surface area (Å²) < 4.78 is 2.00. The largest absolute Gasteiger partial charge is 0.313 e. The molecule has 2 aliphatic rings. The summed E-state index contributed by atoms with van der Waals surface area (Å²) in [6, 6.07) is 4.16. The van der Waals surface area contributed by atoms with Crippen molar-refractivity contribution in [3.05, 3.63) is 33.0 Å². The highest BCUT2D eigenvalue weighted by Gasteiger charge is 2.31. The van der Waals surface area contributed by atoms with Gasteiger partial charge in [0.05, 0.1) is 10.9 Å². The molecule has 0 fully saturated rings. The molecule has 0 saturated heterocycles. The van der Waals surface area contributed by atoms with Crippen LogP contribution in [0, 0.1) is 11.3 Å². The summed E-state index contributed by atoms with van der Waals surface area (Å²) in [5, 5.41) is 18.0. The Bertz CT molecular complexity index is 777. The van der Waals surface area contributed by atoms with E-state index in [0.717, 1.165) is 50.9 Å². The van der Waals surface area contributed by atoms with Gasteiger partial charge in [0.15, 0.2) is 17.5 Å². The van der Waals surface area contributed by atoms with Crippen LogP contribution in [0.2, 0.25) is 0 Å². The smallest absolute Gasteiger partial charge is 0.197 e. The maximum absolute atomic E-state index is 12.9. The molecule has 23 heavy (non-hydrogen) atoms. The number of hydrogen-bond acceptors (Lipinski definition) is 5. The molecule has 0 aromatic carbocycles. The summed E-state index contributed by atoms with van der Waals surface area (Å²) in [6.07, 6.45) is 7.48. The molecule has 2 aromatic heterocycles. The van der Waals surface area contributed by atoms with Crippen LogP contribution in [0.3, 0.4) is 0 Å². The molecular formula is C17H18N4OS. The van der Waals surface area contributed by atoms with Crippen molar-refractivity contribution < 1.29 is 4.79 Å². The zero-order chi connectivity index (χ0) is 15.8. The van der Waals surface area contributed by atoms with Gasteiger partial charge in [-0.15, -0.1) is 21.5 Å². The van der Waals surface area contributed by atoms with Crippen LogP contribution in [-0.2, 0) is 25.8 Å². The van der Waals surface area contributed by atoms with E-state index in [1.807, 2.05) is 10.6 Å². The van der Waals surface area contributed by atoms with E-state index in [2.05, 4.69) is 16.3 Å². The maximum Gasteiger partial charge on any atom is 0.197 e. The second-order valence-electron chi connectivity index (χ2n) is 6.28. The average molecular weight is 326 g/mol. The van der Waals surface area contributed by atoms with Gasteiger partial charge in [0, 0.05) is 17.8 Å². The minimum atomic E-state index is -0.840. The normalized spacial score (nSPS) is 17.9. The molecule has 2 aromatic rings. The summed E-state index contributed by atoms with van der Waals surface area (Å²) in [7, 11) is 0. The first-order valence-electron chi connectivity index (χ1n) is 8.25. The van der Waals surface area contributed by atoms with Crippen LogP contribution in [0.5, 0.6) is 0 Å². The Morgan fingerprint density at radius 1 is 1.22 bits per heavy atom. The number of thiophene rings is 1. The lowest BCUT2D eigenvalue weighted by atomic mass is 10.0. The van der Waals surface area contributed by atoms with E-state index < -0.39 is 5.92 Å². The number of fused-ring (bicyclic) bond motifs is 2. The minimum Gasteiger partial charge on any atom is -0.313 e. The quantitative estimate of drug-likeness (QED) is 0.813. The minimum absolute atomic E-state index is 0.119. The number of aryl methyl sites for hydroxylation is 3. The van der Waals surface area contributed by atoms with Gasteiger partial charge in [-0.3, -0.25) is 4.79 Å². The number of carbonyl (C=O) groups is 1. The van der Waals surface area contributed by atoms with Gasteiger partial charge in [0.1, 0.15) is 5.82 Å². The molecule has 0 saturated carbocycles. The first-order chi connectivity index (χ1) is 11.3. The summed E-state index contributed by atoms with van der Waals surface area (Å²) in [6.45, 7) is 0.810. The number of carbonyl (C=O) groups excluding carboxylic acids is 1. The number of rotatable bonds is 3. The van der Waals surface area contributed by atoms with E-state index in [0.29, 0.717) is 10.7 Å². The lowest BCUT2D eigenvalue weighted by Crippen LogP contribution is -2.17. The average Bonchev–Trinajstić information content (AvgIpc) is 3.20. The van der Waals surface area contributed by atoms with Crippen molar-refractivity contribution in [3.63, 3.8) is 0 Å². The molecule has 0 radical (unpaired) electrons. The topological polar surface area (TPSA) is 71.6 Å². The van der Waals surface area contributed by atoms with Gasteiger partial charge in [-0.25, -0.2) is 0 Å². The molecule has 1 aliphatic heterocycles. The van der Waals surface area contributed by atoms with Gasteiger partial charge in [-0.1, -0.05) is 6.42 Å². The summed E-state index contributed by atoms with van der Waals surface area (Å²) in [4.78, 5) is 14.9. The van der Waals surface area contributed by atoms with Gasteiger partial charge >= 0.3 is 0 Å². The molecule has 0 amide bonds. The van der Waals surface area contributed by atoms with Gasteiger partial charge in [0.2, 0.25) is 0 Å². The van der Waals surface area contributed by atoms with E-state index in [4.69, 9.17) is 0 Å². The molecule has 6 heteroatoms. The molecule has 3 heterocycles. The fourth-order valence-corrected chi connectivity index (χ4v) is 4.77. The molecule has 0 N–H and O–H groups in total. The monoisotopic (exact) mass is 326 g/mol. The number of aromatic nitrogens is 3. The standard InChI is InChI=1S/C17H18N4OS/c18-10-12(16(22)14-9-11-5-4-6-13(11)23-14)17-20-19-15-7-2-1-3-8-21(15)17/h9,12H,1-8H2/t12-/m0/s1. The predicted octanol–water partition coefficient (Wildman–Crippen LogP) is 3.04. The SMILES string of the molecule is N#C[C@@H](C(=O)c1cc2c(s1)CCC2)c1nnc2n1CCCCC2. The van der Waals surface area contributed by atoms with E-state index in [1.165, 1.54) is 16.9 Å². The third-order valence-electron chi connectivity index (χ3n) is 4.78. The van der Waals surface area contributed by atoms with Gasteiger partial charge in [0.25, 0.3) is 0 Å². The Kier molecular flexibility index (Phi) is 3.74. The van der Waals surface area contributed by atoms with Gasteiger partial charge in [-0.2, -0.15) is 5.26 Å². The predicted molar refractivity (Wildman–Crippen MR) is 86.6 cm³/mol. The molecular weight excluding hydrogens is 308 g/mol. The zero-order valence-electron chi connectivity index (χ0n) is 12.9. The summed E-state index contributed by atoms with van der Waals surface area (Å²) in [5.74, 6) is 0.488. The number of nitriles is 1. The summed E-state index contributed by atoms with van der Waals surface area (Å²) >= 11 is 1.55. The number of nitrogens with zero attached hydrogens (tertiary/aromatic N) is 4. The fraction of sp³-hybridized carbons (Fsp3) is 0.529. The van der Waals surface area contributed by atoms with E-state index >= 15 is 0 Å². The third-order valence-corrected chi connectivity index (χ3v) is 6.03. The first kappa shape index (κ1) is 14.6. The molecule has 0 unspecified atom stereocenters. The van der Waals surface area contributed by atoms with E-state index in [-0.39, 0.29) is 5.78 Å². The van der Waals surface area contributed by atoms with Crippen molar-refractivity contribution in [3.8, 4) is 6.07 Å². The van der Waals surface area contributed by atoms with Crippen molar-refractivity contribution in [1.29, 1.82) is 5.26 Å². The first-order valence-corrected chi connectivity index (χ1v) is 9.07. The molecule has 4 rings (SSSR count). The second-order valence-corrected chi connectivity index (χ2v) is 7.41. The van der Waals surface area contributed by atoms with Crippen LogP contribution >= 0.6 is 11.3 Å². The Morgan fingerprint density at radius 2 is 2.13 bits per heavy atom.